The Hall–Kier alpha value is -2.60. The van der Waals surface area contributed by atoms with Crippen molar-refractivity contribution in [1.29, 1.82) is 0 Å². The van der Waals surface area contributed by atoms with Crippen LogP contribution in [0.4, 0.5) is 5.69 Å². The SMILES string of the molecule is COC(=O)c1cc([N+](=O)[O-])ccc1-c1c(Cl)cccc1OC. The van der Waals surface area contributed by atoms with E-state index in [4.69, 9.17) is 21.1 Å². The average Bonchev–Trinajstić information content (AvgIpc) is 2.53. The molecular weight excluding hydrogens is 310 g/mol. The first-order valence-electron chi connectivity index (χ1n) is 6.19. The maximum Gasteiger partial charge on any atom is 0.338 e. The molecule has 2 rings (SSSR count). The molecule has 0 spiro atoms. The van der Waals surface area contributed by atoms with Crippen LogP contribution in [0.3, 0.4) is 0 Å². The second-order valence-electron chi connectivity index (χ2n) is 4.30. The molecule has 2 aromatic rings. The summed E-state index contributed by atoms with van der Waals surface area (Å²) in [6, 6.07) is 8.93. The summed E-state index contributed by atoms with van der Waals surface area (Å²) in [5, 5.41) is 11.3. The minimum absolute atomic E-state index is 0.0445. The molecule has 6 nitrogen and oxygen atoms in total. The van der Waals surface area contributed by atoms with Crippen molar-refractivity contribution in [2.24, 2.45) is 0 Å². The summed E-state index contributed by atoms with van der Waals surface area (Å²) in [6.07, 6.45) is 0. The Kier molecular flexibility index (Phi) is 4.62. The summed E-state index contributed by atoms with van der Waals surface area (Å²) in [5.74, 6) is -0.243. The number of rotatable bonds is 4. The van der Waals surface area contributed by atoms with E-state index in [1.54, 1.807) is 18.2 Å². The summed E-state index contributed by atoms with van der Waals surface area (Å²) >= 11 is 6.20. The van der Waals surface area contributed by atoms with Crippen molar-refractivity contribution in [2.75, 3.05) is 14.2 Å². The molecule has 7 heteroatoms. The Balaban J connectivity index is 2.75. The van der Waals surface area contributed by atoms with Gasteiger partial charge in [-0.05, 0) is 18.2 Å². The molecule has 0 aliphatic rings. The van der Waals surface area contributed by atoms with Crippen LogP contribution >= 0.6 is 11.6 Å². The van der Waals surface area contributed by atoms with Crippen molar-refractivity contribution in [3.63, 3.8) is 0 Å². The largest absolute Gasteiger partial charge is 0.496 e. The maximum atomic E-state index is 12.0. The molecule has 0 bridgehead atoms. The number of methoxy groups -OCH3 is 2. The van der Waals surface area contributed by atoms with Gasteiger partial charge >= 0.3 is 5.97 Å². The molecule has 0 atom stereocenters. The second-order valence-corrected chi connectivity index (χ2v) is 4.70. The minimum atomic E-state index is -0.694. The number of carbonyl (C=O) groups excluding carboxylic acids is 1. The third kappa shape index (κ3) is 2.87. The standard InChI is InChI=1S/C15H12ClNO5/c1-21-13-5-3-4-12(16)14(13)10-7-6-9(17(19)20)8-11(10)15(18)22-2/h3-8H,1-2H3. The molecule has 0 aromatic heterocycles. The number of ether oxygens (including phenoxy) is 2. The van der Waals surface area contributed by atoms with Gasteiger partial charge in [-0.25, -0.2) is 4.79 Å². The third-order valence-electron chi connectivity index (χ3n) is 3.08. The van der Waals surface area contributed by atoms with Crippen molar-refractivity contribution >= 4 is 23.3 Å². The molecule has 0 aliphatic heterocycles. The molecule has 0 aliphatic carbocycles. The quantitative estimate of drug-likeness (QED) is 0.487. The van der Waals surface area contributed by atoms with E-state index in [0.717, 1.165) is 6.07 Å². The highest BCUT2D eigenvalue weighted by molar-refractivity contribution is 6.34. The molecule has 0 saturated carbocycles. The van der Waals surface area contributed by atoms with Gasteiger partial charge in [-0.1, -0.05) is 17.7 Å². The van der Waals surface area contributed by atoms with E-state index in [2.05, 4.69) is 0 Å². The highest BCUT2D eigenvalue weighted by atomic mass is 35.5. The average molecular weight is 322 g/mol. The van der Waals surface area contributed by atoms with Crippen molar-refractivity contribution < 1.29 is 19.2 Å². The maximum absolute atomic E-state index is 12.0. The number of benzene rings is 2. The van der Waals surface area contributed by atoms with Crippen molar-refractivity contribution in [3.05, 3.63) is 57.1 Å². The van der Waals surface area contributed by atoms with Crippen LogP contribution in [0.5, 0.6) is 5.75 Å². The van der Waals surface area contributed by atoms with Gasteiger partial charge < -0.3 is 9.47 Å². The zero-order chi connectivity index (χ0) is 16.3. The monoisotopic (exact) mass is 321 g/mol. The molecule has 114 valence electrons. The van der Waals surface area contributed by atoms with E-state index in [1.807, 2.05) is 0 Å². The van der Waals surface area contributed by atoms with Crippen molar-refractivity contribution in [2.45, 2.75) is 0 Å². The summed E-state index contributed by atoms with van der Waals surface area (Å²) < 4.78 is 9.96. The Morgan fingerprint density at radius 2 is 1.95 bits per heavy atom. The lowest BCUT2D eigenvalue weighted by Crippen LogP contribution is -2.05. The van der Waals surface area contributed by atoms with Gasteiger partial charge in [0.25, 0.3) is 5.69 Å². The number of halogens is 1. The molecule has 0 amide bonds. The molecular formula is C15H12ClNO5. The predicted octanol–water partition coefficient (Wildman–Crippen LogP) is 3.71. The zero-order valence-corrected chi connectivity index (χ0v) is 12.6. The van der Waals surface area contributed by atoms with E-state index in [-0.39, 0.29) is 11.3 Å². The smallest absolute Gasteiger partial charge is 0.338 e. The van der Waals surface area contributed by atoms with Gasteiger partial charge in [0.1, 0.15) is 5.75 Å². The van der Waals surface area contributed by atoms with E-state index >= 15 is 0 Å². The molecule has 0 saturated heterocycles. The first kappa shape index (κ1) is 15.8. The summed E-state index contributed by atoms with van der Waals surface area (Å²) in [6.45, 7) is 0. The summed E-state index contributed by atoms with van der Waals surface area (Å²) in [7, 11) is 2.67. The van der Waals surface area contributed by atoms with Crippen LogP contribution < -0.4 is 4.74 Å². The lowest BCUT2D eigenvalue weighted by atomic mass is 9.98. The molecule has 0 N–H and O–H groups in total. The van der Waals surface area contributed by atoms with Crippen molar-refractivity contribution in [1.82, 2.24) is 0 Å². The van der Waals surface area contributed by atoms with Crippen LogP contribution in [-0.2, 0) is 4.74 Å². The zero-order valence-electron chi connectivity index (χ0n) is 11.8. The summed E-state index contributed by atoms with van der Waals surface area (Å²) in [4.78, 5) is 22.3. The Bertz CT molecular complexity index is 745. The third-order valence-corrected chi connectivity index (χ3v) is 3.40. The van der Waals surface area contributed by atoms with E-state index < -0.39 is 10.9 Å². The molecule has 2 aromatic carbocycles. The number of esters is 1. The number of nitrogens with zero attached hydrogens (tertiary/aromatic N) is 1. The normalized spacial score (nSPS) is 10.1. The van der Waals surface area contributed by atoms with Gasteiger partial charge in [0.2, 0.25) is 0 Å². The number of non-ortho nitro benzene ring substituents is 1. The van der Waals surface area contributed by atoms with Gasteiger partial charge in [0.05, 0.1) is 29.7 Å². The number of nitro groups is 1. The highest BCUT2D eigenvalue weighted by Crippen LogP contribution is 2.39. The van der Waals surface area contributed by atoms with Crippen LogP contribution in [0.15, 0.2) is 36.4 Å². The van der Waals surface area contributed by atoms with Gasteiger partial charge in [-0.3, -0.25) is 10.1 Å². The van der Waals surface area contributed by atoms with Crippen LogP contribution in [0.1, 0.15) is 10.4 Å². The Morgan fingerprint density at radius 1 is 1.23 bits per heavy atom. The van der Waals surface area contributed by atoms with E-state index in [1.165, 1.54) is 26.4 Å². The fourth-order valence-electron chi connectivity index (χ4n) is 2.08. The van der Waals surface area contributed by atoms with Crippen LogP contribution in [0.25, 0.3) is 11.1 Å². The van der Waals surface area contributed by atoms with Crippen LogP contribution in [-0.4, -0.2) is 25.1 Å². The van der Waals surface area contributed by atoms with Gasteiger partial charge in [0.15, 0.2) is 0 Å². The topological polar surface area (TPSA) is 78.7 Å². The second kappa shape index (κ2) is 6.44. The van der Waals surface area contributed by atoms with Gasteiger partial charge in [0, 0.05) is 23.3 Å². The molecule has 0 unspecified atom stereocenters. The van der Waals surface area contributed by atoms with E-state index in [0.29, 0.717) is 21.9 Å². The van der Waals surface area contributed by atoms with Crippen LogP contribution in [0, 0.1) is 10.1 Å². The number of hydrogen-bond donors (Lipinski definition) is 0. The lowest BCUT2D eigenvalue weighted by molar-refractivity contribution is -0.384. The molecule has 0 radical (unpaired) electrons. The number of hydrogen-bond acceptors (Lipinski definition) is 5. The Labute approximate surface area is 131 Å². The predicted molar refractivity (Wildman–Crippen MR) is 81.4 cm³/mol. The fraction of sp³-hybridized carbons (Fsp3) is 0.133. The van der Waals surface area contributed by atoms with E-state index in [9.17, 15) is 14.9 Å². The van der Waals surface area contributed by atoms with Gasteiger partial charge in [-0.2, -0.15) is 0 Å². The first-order valence-corrected chi connectivity index (χ1v) is 6.57. The Morgan fingerprint density at radius 3 is 2.55 bits per heavy atom. The minimum Gasteiger partial charge on any atom is -0.496 e. The number of nitro benzene ring substituents is 1. The molecule has 22 heavy (non-hydrogen) atoms. The summed E-state index contributed by atoms with van der Waals surface area (Å²) in [5.41, 5.74) is 0.708. The van der Waals surface area contributed by atoms with Crippen LogP contribution in [0.2, 0.25) is 5.02 Å². The fourth-order valence-corrected chi connectivity index (χ4v) is 2.35. The molecule has 0 fully saturated rings. The molecule has 0 heterocycles. The first-order chi connectivity index (χ1) is 10.5. The number of carbonyl (C=O) groups is 1. The van der Waals surface area contributed by atoms with Crippen molar-refractivity contribution in [3.8, 4) is 16.9 Å². The highest BCUT2D eigenvalue weighted by Gasteiger charge is 2.22. The van der Waals surface area contributed by atoms with Gasteiger partial charge in [-0.15, -0.1) is 0 Å². The lowest BCUT2D eigenvalue weighted by Gasteiger charge is -2.13.